The van der Waals surface area contributed by atoms with Crippen LogP contribution >= 0.6 is 0 Å². The first kappa shape index (κ1) is 10.9. The Hall–Kier alpha value is -2.23. The van der Waals surface area contributed by atoms with E-state index in [2.05, 4.69) is 21.5 Å². The Balaban J connectivity index is 2.23. The molecule has 2 aromatic heterocycles. The summed E-state index contributed by atoms with van der Waals surface area (Å²) in [6.07, 6.45) is 5.77. The number of hydrogen-bond acceptors (Lipinski definition) is 2. The van der Waals surface area contributed by atoms with Gasteiger partial charge < -0.3 is 14.3 Å². The summed E-state index contributed by atoms with van der Waals surface area (Å²) in [5, 5.41) is 1.16. The van der Waals surface area contributed by atoms with Crippen molar-refractivity contribution in [1.29, 1.82) is 0 Å². The van der Waals surface area contributed by atoms with Crippen LogP contribution in [0.4, 0.5) is 0 Å². The van der Waals surface area contributed by atoms with E-state index in [1.165, 1.54) is 0 Å². The number of hydrogen-bond donors (Lipinski definition) is 1. The highest BCUT2D eigenvalue weighted by atomic mass is 16.4. The van der Waals surface area contributed by atoms with Crippen LogP contribution in [0.25, 0.3) is 22.2 Å². The number of methoxy groups -OCH3 is 1. The van der Waals surface area contributed by atoms with Crippen molar-refractivity contribution in [1.82, 2.24) is 14.5 Å². The van der Waals surface area contributed by atoms with Crippen LogP contribution in [-0.2, 0) is 6.54 Å². The normalized spacial score (nSPS) is 11.0. The molecule has 0 unspecified atom stereocenters. The van der Waals surface area contributed by atoms with Crippen molar-refractivity contribution in [2.24, 2.45) is 0 Å². The molecular formula is C14H15N3O. The molecule has 0 aliphatic rings. The molecule has 0 aliphatic heterocycles. The topological polar surface area (TPSA) is 42.8 Å². The summed E-state index contributed by atoms with van der Waals surface area (Å²) >= 11 is 0. The fourth-order valence-corrected chi connectivity index (χ4v) is 2.24. The quantitative estimate of drug-likeness (QED) is 0.764. The van der Waals surface area contributed by atoms with Gasteiger partial charge in [0.15, 0.2) is 0 Å². The summed E-state index contributed by atoms with van der Waals surface area (Å²) in [4.78, 5) is 7.50. The van der Waals surface area contributed by atoms with Crippen LogP contribution in [-0.4, -0.2) is 21.6 Å². The number of imidazole rings is 1. The van der Waals surface area contributed by atoms with E-state index in [9.17, 15) is 0 Å². The first-order chi connectivity index (χ1) is 8.83. The summed E-state index contributed by atoms with van der Waals surface area (Å²) in [5.74, 6) is 0.867. The fourth-order valence-electron chi connectivity index (χ4n) is 2.24. The van der Waals surface area contributed by atoms with Crippen LogP contribution in [0.2, 0.25) is 0 Å². The number of nitrogens with one attached hydrogen (secondary N) is 1. The van der Waals surface area contributed by atoms with E-state index in [1.54, 1.807) is 7.11 Å². The molecule has 2 heterocycles. The van der Waals surface area contributed by atoms with Crippen molar-refractivity contribution < 1.29 is 4.74 Å². The van der Waals surface area contributed by atoms with Crippen LogP contribution < -0.4 is 4.74 Å². The molecule has 18 heavy (non-hydrogen) atoms. The highest BCUT2D eigenvalue weighted by Crippen LogP contribution is 2.30. The van der Waals surface area contributed by atoms with Crippen molar-refractivity contribution in [3.8, 4) is 17.0 Å². The zero-order chi connectivity index (χ0) is 12.5. The van der Waals surface area contributed by atoms with E-state index >= 15 is 0 Å². The zero-order valence-electron chi connectivity index (χ0n) is 10.5. The van der Waals surface area contributed by atoms with Gasteiger partial charge in [-0.2, -0.15) is 0 Å². The van der Waals surface area contributed by atoms with E-state index in [0.717, 1.165) is 34.5 Å². The maximum absolute atomic E-state index is 5.28. The number of benzene rings is 1. The average molecular weight is 240 g/mol. The third-order valence-electron chi connectivity index (χ3n) is 3.22. The molecule has 0 fully saturated rings. The number of fused-ring (bicyclic) bond motifs is 1. The minimum absolute atomic E-state index is 0.867. The van der Waals surface area contributed by atoms with Crippen LogP contribution in [0.15, 0.2) is 36.9 Å². The van der Waals surface area contributed by atoms with Gasteiger partial charge in [-0.25, -0.2) is 4.98 Å². The van der Waals surface area contributed by atoms with Crippen molar-refractivity contribution in [3.05, 3.63) is 36.9 Å². The molecule has 1 aromatic carbocycles. The Kier molecular flexibility index (Phi) is 2.55. The summed E-state index contributed by atoms with van der Waals surface area (Å²) in [6.45, 7) is 3.02. The maximum Gasteiger partial charge on any atom is 0.119 e. The largest absolute Gasteiger partial charge is 0.497 e. The SMILES string of the molecule is CCn1cncc1-c1c[nH]c2ccc(O[11CH3])cc12. The van der Waals surface area contributed by atoms with Crippen molar-refractivity contribution >= 4 is 10.9 Å². The van der Waals surface area contributed by atoms with Gasteiger partial charge in [0, 0.05) is 29.2 Å². The summed E-state index contributed by atoms with van der Waals surface area (Å²) in [6, 6.07) is 6.04. The highest BCUT2D eigenvalue weighted by molar-refractivity contribution is 5.95. The molecule has 0 saturated heterocycles. The second kappa shape index (κ2) is 4.22. The van der Waals surface area contributed by atoms with Crippen LogP contribution in [0, 0.1) is 0 Å². The number of H-pyrrole nitrogens is 1. The lowest BCUT2D eigenvalue weighted by Crippen LogP contribution is -1.93. The number of rotatable bonds is 3. The van der Waals surface area contributed by atoms with Gasteiger partial charge in [0.05, 0.1) is 25.3 Å². The molecule has 0 atom stereocenters. The van der Waals surface area contributed by atoms with Gasteiger partial charge >= 0.3 is 0 Å². The number of aromatic nitrogens is 3. The number of aromatic amines is 1. The Morgan fingerprint density at radius 3 is 3.06 bits per heavy atom. The minimum atomic E-state index is 0.867. The average Bonchev–Trinajstić information content (AvgIpc) is 3.03. The Morgan fingerprint density at radius 2 is 2.28 bits per heavy atom. The van der Waals surface area contributed by atoms with Crippen molar-refractivity contribution in [3.63, 3.8) is 0 Å². The number of aryl methyl sites for hydroxylation is 1. The summed E-state index contributed by atoms with van der Waals surface area (Å²) in [7, 11) is 1.68. The second-order valence-electron chi connectivity index (χ2n) is 4.18. The minimum Gasteiger partial charge on any atom is -0.497 e. The third kappa shape index (κ3) is 1.57. The molecule has 92 valence electrons. The van der Waals surface area contributed by atoms with Crippen LogP contribution in [0.3, 0.4) is 0 Å². The van der Waals surface area contributed by atoms with Gasteiger partial charge in [-0.1, -0.05) is 0 Å². The number of ether oxygens (including phenoxy) is 1. The molecule has 0 aliphatic carbocycles. The van der Waals surface area contributed by atoms with E-state index in [0.29, 0.717) is 0 Å². The summed E-state index contributed by atoms with van der Waals surface area (Å²) in [5.41, 5.74) is 3.38. The third-order valence-corrected chi connectivity index (χ3v) is 3.22. The van der Waals surface area contributed by atoms with Crippen LogP contribution in [0.5, 0.6) is 5.75 Å². The molecule has 1 N–H and O–H groups in total. The molecule has 3 aromatic rings. The summed E-state index contributed by atoms with van der Waals surface area (Å²) < 4.78 is 7.41. The van der Waals surface area contributed by atoms with Gasteiger partial charge in [-0.3, -0.25) is 0 Å². The highest BCUT2D eigenvalue weighted by Gasteiger charge is 2.10. The van der Waals surface area contributed by atoms with Gasteiger partial charge in [-0.05, 0) is 25.1 Å². The Labute approximate surface area is 105 Å². The molecule has 0 amide bonds. The van der Waals surface area contributed by atoms with Gasteiger partial charge in [-0.15, -0.1) is 0 Å². The van der Waals surface area contributed by atoms with Crippen molar-refractivity contribution in [2.45, 2.75) is 13.5 Å². The van der Waals surface area contributed by atoms with Crippen LogP contribution in [0.1, 0.15) is 6.92 Å². The number of nitrogens with zero attached hydrogens (tertiary/aromatic N) is 2. The molecule has 0 saturated carbocycles. The lowest BCUT2D eigenvalue weighted by molar-refractivity contribution is 0.415. The van der Waals surface area contributed by atoms with E-state index < -0.39 is 0 Å². The Morgan fingerprint density at radius 1 is 1.39 bits per heavy atom. The lowest BCUT2D eigenvalue weighted by Gasteiger charge is -2.04. The first-order valence-electron chi connectivity index (χ1n) is 5.99. The molecule has 4 nitrogen and oxygen atoms in total. The van der Waals surface area contributed by atoms with Gasteiger partial charge in [0.25, 0.3) is 0 Å². The van der Waals surface area contributed by atoms with E-state index in [1.807, 2.05) is 36.9 Å². The molecule has 0 bridgehead atoms. The monoisotopic (exact) mass is 240 g/mol. The molecule has 0 radical (unpaired) electrons. The van der Waals surface area contributed by atoms with E-state index in [4.69, 9.17) is 4.74 Å². The predicted molar refractivity (Wildman–Crippen MR) is 71.7 cm³/mol. The standard InChI is InChI=1S/C14H15N3O/c1-3-17-9-15-8-14(17)12-7-16-13-5-4-10(18-2)6-11(12)13/h4-9,16H,3H2,1-2H3/i2-1. The lowest BCUT2D eigenvalue weighted by atomic mass is 10.1. The van der Waals surface area contributed by atoms with Gasteiger partial charge in [0.1, 0.15) is 5.75 Å². The zero-order valence-corrected chi connectivity index (χ0v) is 10.5. The van der Waals surface area contributed by atoms with Gasteiger partial charge in [0.2, 0.25) is 0 Å². The fraction of sp³-hybridized carbons (Fsp3) is 0.214. The smallest absolute Gasteiger partial charge is 0.119 e. The van der Waals surface area contributed by atoms with Crippen molar-refractivity contribution in [2.75, 3.05) is 7.11 Å². The predicted octanol–water partition coefficient (Wildman–Crippen LogP) is 3.06. The maximum atomic E-state index is 5.28. The molecule has 4 heteroatoms. The first-order valence-corrected chi connectivity index (χ1v) is 5.99. The second-order valence-corrected chi connectivity index (χ2v) is 4.18. The van der Waals surface area contributed by atoms with E-state index in [-0.39, 0.29) is 0 Å². The molecular weight excluding hydrogens is 225 g/mol. The molecule has 0 spiro atoms. The Bertz CT molecular complexity index is 681. The molecule has 3 rings (SSSR count).